The predicted molar refractivity (Wildman–Crippen MR) is 80.5 cm³/mol. The van der Waals surface area contributed by atoms with Crippen molar-refractivity contribution in [3.05, 3.63) is 44.9 Å². The fourth-order valence-electron chi connectivity index (χ4n) is 2.07. The maximum Gasteiger partial charge on any atom is 0.0207 e. The van der Waals surface area contributed by atoms with E-state index < -0.39 is 0 Å². The van der Waals surface area contributed by atoms with Gasteiger partial charge in [-0.05, 0) is 62.3 Å². The number of halogens is 1. The molecule has 0 N–H and O–H groups in total. The molecule has 1 rings (SSSR count). The summed E-state index contributed by atoms with van der Waals surface area (Å²) in [7, 11) is 0. The van der Waals surface area contributed by atoms with Crippen LogP contribution in [0.5, 0.6) is 0 Å². The number of benzene rings is 1. The van der Waals surface area contributed by atoms with E-state index in [4.69, 9.17) is 0 Å². The summed E-state index contributed by atoms with van der Waals surface area (Å²) in [5.41, 5.74) is 5.63. The van der Waals surface area contributed by atoms with E-state index in [2.05, 4.69) is 68.8 Å². The second-order valence-electron chi connectivity index (χ2n) is 5.38. The van der Waals surface area contributed by atoms with E-state index in [9.17, 15) is 0 Å². The molecule has 1 heteroatoms. The quantitative estimate of drug-likeness (QED) is 0.634. The molecular weight excluding hydrogens is 272 g/mol. The molecule has 0 unspecified atom stereocenters. The lowest BCUT2D eigenvalue weighted by molar-refractivity contribution is 0.641. The van der Waals surface area contributed by atoms with E-state index in [1.54, 1.807) is 0 Å². The Morgan fingerprint density at radius 3 is 2.47 bits per heavy atom. The van der Waals surface area contributed by atoms with Gasteiger partial charge in [-0.15, -0.1) is 0 Å². The zero-order valence-corrected chi connectivity index (χ0v) is 13.2. The number of rotatable bonds is 4. The van der Waals surface area contributed by atoms with Gasteiger partial charge in [-0.25, -0.2) is 0 Å². The third kappa shape index (κ3) is 4.67. The highest BCUT2D eigenvalue weighted by atomic mass is 79.9. The SMILES string of the molecule is C/C(=C\Cc1cc(C)c(Br)cc1C)CC(C)C. The molecule has 0 fully saturated rings. The van der Waals surface area contributed by atoms with Gasteiger partial charge in [0.15, 0.2) is 0 Å². The van der Waals surface area contributed by atoms with Crippen LogP contribution in [0.15, 0.2) is 28.3 Å². The van der Waals surface area contributed by atoms with Gasteiger partial charge < -0.3 is 0 Å². The number of allylic oxidation sites excluding steroid dienone is 2. The Balaban J connectivity index is 2.79. The molecule has 0 atom stereocenters. The number of hydrogen-bond acceptors (Lipinski definition) is 0. The zero-order valence-electron chi connectivity index (χ0n) is 11.6. The summed E-state index contributed by atoms with van der Waals surface area (Å²) >= 11 is 3.58. The highest BCUT2D eigenvalue weighted by Crippen LogP contribution is 2.22. The van der Waals surface area contributed by atoms with Gasteiger partial charge in [0.1, 0.15) is 0 Å². The summed E-state index contributed by atoms with van der Waals surface area (Å²) in [6, 6.07) is 4.51. The molecule has 0 aliphatic rings. The first-order valence-electron chi connectivity index (χ1n) is 6.31. The largest absolute Gasteiger partial charge is 0.0812 e. The van der Waals surface area contributed by atoms with Crippen LogP contribution in [0, 0.1) is 19.8 Å². The molecule has 0 heterocycles. The number of aryl methyl sites for hydroxylation is 2. The topological polar surface area (TPSA) is 0 Å². The molecule has 0 saturated heterocycles. The van der Waals surface area contributed by atoms with Gasteiger partial charge in [-0.2, -0.15) is 0 Å². The lowest BCUT2D eigenvalue weighted by Gasteiger charge is -2.09. The van der Waals surface area contributed by atoms with Gasteiger partial charge in [0.2, 0.25) is 0 Å². The molecule has 0 spiro atoms. The first-order chi connectivity index (χ1) is 7.90. The molecule has 0 nitrogen and oxygen atoms in total. The van der Waals surface area contributed by atoms with Gasteiger partial charge in [0.05, 0.1) is 0 Å². The van der Waals surface area contributed by atoms with Crippen molar-refractivity contribution in [3.63, 3.8) is 0 Å². The van der Waals surface area contributed by atoms with E-state index in [1.165, 1.54) is 33.2 Å². The molecule has 0 radical (unpaired) electrons. The molecule has 1 aromatic carbocycles. The van der Waals surface area contributed by atoms with E-state index in [1.807, 2.05) is 0 Å². The maximum atomic E-state index is 3.58. The summed E-state index contributed by atoms with van der Waals surface area (Å²) in [5.74, 6) is 0.749. The van der Waals surface area contributed by atoms with Gasteiger partial charge >= 0.3 is 0 Å². The molecule has 0 bridgehead atoms. The van der Waals surface area contributed by atoms with Crippen molar-refractivity contribution in [2.45, 2.75) is 47.5 Å². The average molecular weight is 295 g/mol. The lowest BCUT2D eigenvalue weighted by atomic mass is 9.99. The Hall–Kier alpha value is -0.560. The highest BCUT2D eigenvalue weighted by molar-refractivity contribution is 9.10. The van der Waals surface area contributed by atoms with Crippen molar-refractivity contribution in [1.29, 1.82) is 0 Å². The van der Waals surface area contributed by atoms with E-state index in [0.29, 0.717) is 0 Å². The first kappa shape index (κ1) is 14.5. The van der Waals surface area contributed by atoms with E-state index >= 15 is 0 Å². The molecule has 0 saturated carbocycles. The van der Waals surface area contributed by atoms with Gasteiger partial charge in [-0.1, -0.05) is 47.5 Å². The summed E-state index contributed by atoms with van der Waals surface area (Å²) < 4.78 is 1.21. The van der Waals surface area contributed by atoms with Crippen molar-refractivity contribution in [2.75, 3.05) is 0 Å². The van der Waals surface area contributed by atoms with Crippen LogP contribution in [0.4, 0.5) is 0 Å². The van der Waals surface area contributed by atoms with Crippen LogP contribution in [-0.4, -0.2) is 0 Å². The minimum atomic E-state index is 0.749. The van der Waals surface area contributed by atoms with E-state index in [0.717, 1.165) is 12.3 Å². The van der Waals surface area contributed by atoms with Crippen molar-refractivity contribution in [3.8, 4) is 0 Å². The third-order valence-electron chi connectivity index (χ3n) is 3.02. The monoisotopic (exact) mass is 294 g/mol. The van der Waals surface area contributed by atoms with Crippen LogP contribution in [0.1, 0.15) is 43.9 Å². The minimum absolute atomic E-state index is 0.749. The Kier molecular flexibility index (Phi) is 5.45. The van der Waals surface area contributed by atoms with Crippen molar-refractivity contribution in [2.24, 2.45) is 5.92 Å². The molecule has 0 aliphatic carbocycles. The van der Waals surface area contributed by atoms with Crippen LogP contribution in [0.25, 0.3) is 0 Å². The van der Waals surface area contributed by atoms with Gasteiger partial charge in [0, 0.05) is 4.47 Å². The second kappa shape index (κ2) is 6.39. The molecule has 0 amide bonds. The minimum Gasteiger partial charge on any atom is -0.0812 e. The molecular formula is C16H23Br. The fourth-order valence-corrected chi connectivity index (χ4v) is 2.53. The van der Waals surface area contributed by atoms with Crippen LogP contribution >= 0.6 is 15.9 Å². The molecule has 17 heavy (non-hydrogen) atoms. The summed E-state index contributed by atoms with van der Waals surface area (Å²) in [5, 5.41) is 0. The zero-order chi connectivity index (χ0) is 13.0. The fraction of sp³-hybridized carbons (Fsp3) is 0.500. The second-order valence-corrected chi connectivity index (χ2v) is 6.23. The smallest absolute Gasteiger partial charge is 0.0207 e. The Bertz CT molecular complexity index is 414. The Morgan fingerprint density at radius 2 is 1.88 bits per heavy atom. The highest BCUT2D eigenvalue weighted by Gasteiger charge is 2.02. The van der Waals surface area contributed by atoms with E-state index in [-0.39, 0.29) is 0 Å². The van der Waals surface area contributed by atoms with Crippen LogP contribution in [0.3, 0.4) is 0 Å². The summed E-state index contributed by atoms with van der Waals surface area (Å²) in [6.07, 6.45) is 4.63. The third-order valence-corrected chi connectivity index (χ3v) is 3.87. The van der Waals surface area contributed by atoms with Crippen LogP contribution in [-0.2, 0) is 6.42 Å². The lowest BCUT2D eigenvalue weighted by Crippen LogP contribution is -1.93. The summed E-state index contributed by atoms with van der Waals surface area (Å²) in [6.45, 7) is 11.1. The number of hydrogen-bond donors (Lipinski definition) is 0. The first-order valence-corrected chi connectivity index (χ1v) is 7.10. The normalized spacial score (nSPS) is 12.3. The molecule has 0 aliphatic heterocycles. The predicted octanol–water partition coefficient (Wildman–Crippen LogP) is 5.60. The van der Waals surface area contributed by atoms with Crippen LogP contribution in [0.2, 0.25) is 0 Å². The molecule has 94 valence electrons. The molecule has 1 aromatic rings. The van der Waals surface area contributed by atoms with Crippen molar-refractivity contribution >= 4 is 15.9 Å². The van der Waals surface area contributed by atoms with Crippen molar-refractivity contribution in [1.82, 2.24) is 0 Å². The summed E-state index contributed by atoms with van der Waals surface area (Å²) in [4.78, 5) is 0. The van der Waals surface area contributed by atoms with Gasteiger partial charge in [-0.3, -0.25) is 0 Å². The van der Waals surface area contributed by atoms with Crippen LogP contribution < -0.4 is 0 Å². The standard InChI is InChI=1S/C16H23Br/c1-11(2)8-12(3)6-7-15-9-14(5)16(17)10-13(15)4/h6,9-11H,7-8H2,1-5H3/b12-6+. The maximum absolute atomic E-state index is 3.58. The average Bonchev–Trinajstić information content (AvgIpc) is 2.20. The van der Waals surface area contributed by atoms with Gasteiger partial charge in [0.25, 0.3) is 0 Å². The Morgan fingerprint density at radius 1 is 1.24 bits per heavy atom. The molecule has 0 aromatic heterocycles. The van der Waals surface area contributed by atoms with Crippen molar-refractivity contribution < 1.29 is 0 Å². The Labute approximate surface area is 114 Å².